The molecule has 0 unspecified atom stereocenters. The van der Waals surface area contributed by atoms with Crippen LogP contribution >= 0.6 is 11.8 Å². The number of likely N-dealkylation sites (tertiary alicyclic amines) is 1. The first-order valence-corrected chi connectivity index (χ1v) is 16.9. The number of benzene rings is 1. The monoisotopic (exact) mass is 704 g/mol. The molecule has 4 amide bonds. The van der Waals surface area contributed by atoms with E-state index in [1.165, 1.54) is 52.8 Å². The zero-order chi connectivity index (χ0) is 35.6. The summed E-state index contributed by atoms with van der Waals surface area (Å²) < 4.78 is 10.4. The molecule has 49 heavy (non-hydrogen) atoms. The Hall–Kier alpha value is -4.42. The molecule has 4 aliphatic rings. The average Bonchev–Trinajstić information content (AvgIpc) is 3.46. The van der Waals surface area contributed by atoms with Gasteiger partial charge >= 0.3 is 18.2 Å². The molecule has 0 radical (unpaired) electrons. The van der Waals surface area contributed by atoms with Gasteiger partial charge in [0.2, 0.25) is 11.8 Å². The van der Waals surface area contributed by atoms with Crippen LogP contribution in [0, 0.1) is 22.0 Å². The molecule has 4 heterocycles. The number of hydrogen-bond donors (Lipinski definition) is 3. The molecular weight excluding hydrogens is 664 g/mol. The van der Waals surface area contributed by atoms with Crippen molar-refractivity contribution in [1.82, 2.24) is 19.6 Å². The van der Waals surface area contributed by atoms with E-state index in [-0.39, 0.29) is 49.4 Å². The Morgan fingerprint density at radius 3 is 2.47 bits per heavy atom. The van der Waals surface area contributed by atoms with Crippen LogP contribution in [0.1, 0.15) is 32.3 Å². The number of hydrogen-bond acceptors (Lipinski definition) is 12. The van der Waals surface area contributed by atoms with Crippen LogP contribution < -0.4 is 5.73 Å². The van der Waals surface area contributed by atoms with Gasteiger partial charge in [0.1, 0.15) is 25.0 Å². The van der Waals surface area contributed by atoms with Gasteiger partial charge in [-0.05, 0) is 37.5 Å². The number of thioether (sulfide) groups is 1. The number of carbonyl (C=O) groups excluding carboxylic acids is 4. The maximum absolute atomic E-state index is 14.1. The van der Waals surface area contributed by atoms with Gasteiger partial charge in [0, 0.05) is 67.5 Å². The number of nitrogens with two attached hydrogens (primary N) is 1. The molecule has 0 saturated carbocycles. The van der Waals surface area contributed by atoms with E-state index in [9.17, 15) is 44.3 Å². The highest BCUT2D eigenvalue weighted by molar-refractivity contribution is 8.03. The van der Waals surface area contributed by atoms with E-state index < -0.39 is 58.3 Å². The van der Waals surface area contributed by atoms with Crippen LogP contribution in [0.2, 0.25) is 0 Å². The van der Waals surface area contributed by atoms with Crippen molar-refractivity contribution >= 4 is 47.4 Å². The fourth-order valence-corrected chi connectivity index (χ4v) is 8.54. The molecule has 1 aromatic carbocycles. The van der Waals surface area contributed by atoms with Gasteiger partial charge in [-0.1, -0.05) is 6.92 Å². The Morgan fingerprint density at radius 2 is 1.84 bits per heavy atom. The number of carboxylic acid groups (broad SMARTS) is 1. The summed E-state index contributed by atoms with van der Waals surface area (Å²) in [4.78, 5) is 81.0. The SMILES string of the molecule is C[C@@H](O)[C@H]1C(=O)N2C(C(=O)O)=C(S[C@H]3C[C@@H](C(=O)N4CCCN(CCOC(N)=O)CC4)N(C(=O)OCc4ccc([N+](=O)[O-])cc4)C3)[C@H](C)[C@H]12. The number of aliphatic hydroxyl groups excluding tert-OH is 1. The fourth-order valence-electron chi connectivity index (χ4n) is 7.02. The highest BCUT2D eigenvalue weighted by Gasteiger charge is 2.60. The lowest BCUT2D eigenvalue weighted by Gasteiger charge is -2.46. The van der Waals surface area contributed by atoms with Gasteiger partial charge in [-0.15, -0.1) is 11.8 Å². The summed E-state index contributed by atoms with van der Waals surface area (Å²) in [5, 5.41) is 30.9. The molecule has 4 N–H and O–H groups in total. The number of nitro groups is 1. The molecule has 4 aliphatic heterocycles. The van der Waals surface area contributed by atoms with E-state index in [0.29, 0.717) is 49.6 Å². The molecule has 0 aliphatic carbocycles. The first-order valence-electron chi connectivity index (χ1n) is 16.0. The molecule has 3 fully saturated rings. The molecule has 0 spiro atoms. The van der Waals surface area contributed by atoms with E-state index >= 15 is 0 Å². The third kappa shape index (κ3) is 7.60. The molecule has 0 bridgehead atoms. The Labute approximate surface area is 286 Å². The van der Waals surface area contributed by atoms with Gasteiger partial charge in [0.25, 0.3) is 5.69 Å². The van der Waals surface area contributed by atoms with E-state index in [0.717, 1.165) is 0 Å². The van der Waals surface area contributed by atoms with E-state index in [1.807, 2.05) is 11.8 Å². The summed E-state index contributed by atoms with van der Waals surface area (Å²) in [5.74, 6) is -3.12. The van der Waals surface area contributed by atoms with Crippen LogP contribution in [0.3, 0.4) is 0 Å². The summed E-state index contributed by atoms with van der Waals surface area (Å²) in [5.41, 5.74) is 5.31. The third-order valence-corrected chi connectivity index (χ3v) is 10.9. The summed E-state index contributed by atoms with van der Waals surface area (Å²) in [7, 11) is 0. The third-order valence-electron chi connectivity index (χ3n) is 9.45. The van der Waals surface area contributed by atoms with Gasteiger partial charge < -0.3 is 35.2 Å². The molecule has 5 rings (SSSR count). The minimum Gasteiger partial charge on any atom is -0.477 e. The lowest BCUT2D eigenvalue weighted by molar-refractivity contribution is -0.384. The maximum atomic E-state index is 14.1. The number of fused-ring (bicyclic) bond motifs is 1. The fraction of sp³-hybridized carbons (Fsp3) is 0.581. The van der Waals surface area contributed by atoms with E-state index in [4.69, 9.17) is 15.2 Å². The molecule has 1 aromatic rings. The number of nitrogens with zero attached hydrogens (tertiary/aromatic N) is 5. The van der Waals surface area contributed by atoms with Crippen molar-refractivity contribution in [3.8, 4) is 0 Å². The maximum Gasteiger partial charge on any atom is 0.410 e. The number of non-ortho nitro benzene ring substituents is 1. The second-order valence-corrected chi connectivity index (χ2v) is 13.9. The van der Waals surface area contributed by atoms with Gasteiger partial charge in [-0.25, -0.2) is 14.4 Å². The second-order valence-electron chi connectivity index (χ2n) is 12.6. The smallest absolute Gasteiger partial charge is 0.410 e. The van der Waals surface area contributed by atoms with Crippen LogP contribution in [-0.4, -0.2) is 134 Å². The summed E-state index contributed by atoms with van der Waals surface area (Å²) in [6.45, 7) is 5.70. The number of ether oxygens (including phenoxy) is 2. The van der Waals surface area contributed by atoms with E-state index in [1.54, 1.807) is 4.90 Å². The van der Waals surface area contributed by atoms with Gasteiger partial charge in [0.05, 0.1) is 23.0 Å². The molecule has 18 heteroatoms. The van der Waals surface area contributed by atoms with Crippen molar-refractivity contribution in [1.29, 1.82) is 0 Å². The number of primary amides is 1. The molecule has 266 valence electrons. The van der Waals surface area contributed by atoms with Gasteiger partial charge in [-0.2, -0.15) is 0 Å². The Balaban J connectivity index is 1.32. The van der Waals surface area contributed by atoms with Crippen molar-refractivity contribution in [3.63, 3.8) is 0 Å². The van der Waals surface area contributed by atoms with Crippen molar-refractivity contribution in [3.05, 3.63) is 50.5 Å². The van der Waals surface area contributed by atoms with Crippen molar-refractivity contribution in [2.24, 2.45) is 17.6 Å². The normalized spacial score (nSPS) is 26.1. The number of rotatable bonds is 11. The molecule has 17 nitrogen and oxygen atoms in total. The van der Waals surface area contributed by atoms with Crippen molar-refractivity contribution in [2.45, 2.75) is 56.7 Å². The van der Waals surface area contributed by atoms with Gasteiger partial charge in [0.15, 0.2) is 0 Å². The zero-order valence-corrected chi connectivity index (χ0v) is 28.0. The van der Waals surface area contributed by atoms with Crippen LogP contribution in [0.15, 0.2) is 34.9 Å². The van der Waals surface area contributed by atoms with Crippen molar-refractivity contribution < 1.29 is 48.6 Å². The first-order chi connectivity index (χ1) is 23.3. The standard InChI is InChI=1S/C31H40N6O11S/c1-17-24-23(18(2)38)28(40)36(24)25(29(41)42)26(17)49-21-14-22(27(39)34-9-3-8-33(10-11-34)12-13-47-30(32)43)35(15-21)31(44)48-16-19-4-6-20(7-5-19)37(45)46/h4-7,17-18,21-24,38H,3,8-16H2,1-2H3,(H2,32,43)(H,41,42)/t17-,18-,21+,22+,23-,24-/m1/s1. The van der Waals surface area contributed by atoms with Crippen LogP contribution in [0.4, 0.5) is 15.3 Å². The Bertz CT molecular complexity index is 1520. The lowest BCUT2D eigenvalue weighted by Crippen LogP contribution is -2.63. The predicted molar refractivity (Wildman–Crippen MR) is 173 cm³/mol. The average molecular weight is 705 g/mol. The first kappa shape index (κ1) is 35.9. The second kappa shape index (κ2) is 15.0. The van der Waals surface area contributed by atoms with Crippen LogP contribution in [0.5, 0.6) is 0 Å². The summed E-state index contributed by atoms with van der Waals surface area (Å²) in [6.07, 6.45) is -1.74. The molecule has 0 aromatic heterocycles. The number of aliphatic carboxylic acids is 1. The number of carboxylic acids is 1. The lowest BCUT2D eigenvalue weighted by atomic mass is 9.79. The Morgan fingerprint density at radius 1 is 1.12 bits per heavy atom. The molecule has 6 atom stereocenters. The molecule has 3 saturated heterocycles. The minimum absolute atomic E-state index is 0.0617. The highest BCUT2D eigenvalue weighted by atomic mass is 32.2. The Kier molecular flexibility index (Phi) is 11.0. The van der Waals surface area contributed by atoms with Crippen LogP contribution in [0.25, 0.3) is 0 Å². The summed E-state index contributed by atoms with van der Waals surface area (Å²) >= 11 is 1.23. The summed E-state index contributed by atoms with van der Waals surface area (Å²) in [6, 6.07) is 4.12. The number of aliphatic hydroxyl groups is 1. The van der Waals surface area contributed by atoms with Crippen molar-refractivity contribution in [2.75, 3.05) is 45.9 Å². The van der Waals surface area contributed by atoms with E-state index in [2.05, 4.69) is 0 Å². The topological polar surface area (TPSA) is 226 Å². The number of carbonyl (C=O) groups is 5. The predicted octanol–water partition coefficient (Wildman–Crippen LogP) is 1.19. The zero-order valence-electron chi connectivity index (χ0n) is 27.1. The molecular formula is C31H40N6O11S. The number of amides is 4. The number of nitro benzene ring substituents is 1. The largest absolute Gasteiger partial charge is 0.477 e. The van der Waals surface area contributed by atoms with Gasteiger partial charge in [-0.3, -0.25) is 29.5 Å². The van der Waals surface area contributed by atoms with Crippen LogP contribution in [-0.2, 0) is 30.5 Å². The quantitative estimate of drug-likeness (QED) is 0.167. The minimum atomic E-state index is -1.27. The number of β-lactam (4-membered cyclic amide) rings is 1. The highest BCUT2D eigenvalue weighted by Crippen LogP contribution is 2.52.